The zero-order valence-electron chi connectivity index (χ0n) is 11.4. The maximum Gasteiger partial charge on any atom is 0.0811 e. The third-order valence-corrected chi connectivity index (χ3v) is 3.92. The summed E-state index contributed by atoms with van der Waals surface area (Å²) >= 11 is 0. The lowest BCUT2D eigenvalue weighted by molar-refractivity contribution is -0.0113. The predicted octanol–water partition coefficient (Wildman–Crippen LogP) is 1.80. The average Bonchev–Trinajstić information content (AvgIpc) is 2.82. The molecule has 0 bridgehead atoms. The number of hydrogen-bond donors (Lipinski definition) is 1. The highest BCUT2D eigenvalue weighted by Crippen LogP contribution is 2.33. The number of nitrogens with two attached hydrogens (primary N) is 1. The quantitative estimate of drug-likeness (QED) is 0.867. The van der Waals surface area contributed by atoms with Gasteiger partial charge in [-0.2, -0.15) is 0 Å². The van der Waals surface area contributed by atoms with Crippen molar-refractivity contribution in [1.82, 2.24) is 15.0 Å². The fourth-order valence-electron chi connectivity index (χ4n) is 2.96. The summed E-state index contributed by atoms with van der Waals surface area (Å²) in [5, 5.41) is 7.86. The molecule has 1 saturated carbocycles. The molecule has 2 N–H and O–H groups in total. The lowest BCUT2D eigenvalue weighted by Gasteiger charge is -2.33. The number of rotatable bonds is 5. The van der Waals surface area contributed by atoms with Crippen molar-refractivity contribution < 1.29 is 4.74 Å². The summed E-state index contributed by atoms with van der Waals surface area (Å²) in [4.78, 5) is 0. The monoisotopic (exact) mass is 252 g/mol. The van der Waals surface area contributed by atoms with E-state index in [-0.39, 0.29) is 12.1 Å². The second kappa shape index (κ2) is 6.29. The molecule has 18 heavy (non-hydrogen) atoms. The van der Waals surface area contributed by atoms with Gasteiger partial charge in [0.15, 0.2) is 0 Å². The van der Waals surface area contributed by atoms with Crippen LogP contribution in [0.5, 0.6) is 0 Å². The van der Waals surface area contributed by atoms with Crippen molar-refractivity contribution >= 4 is 0 Å². The summed E-state index contributed by atoms with van der Waals surface area (Å²) in [6, 6.07) is -0.131. The molecular weight excluding hydrogens is 228 g/mol. The summed E-state index contributed by atoms with van der Waals surface area (Å²) in [7, 11) is 1.88. The lowest BCUT2D eigenvalue weighted by atomic mass is 9.82. The largest absolute Gasteiger partial charge is 0.376 e. The van der Waals surface area contributed by atoms with Crippen LogP contribution in [0.1, 0.15) is 50.8 Å². The van der Waals surface area contributed by atoms with Crippen LogP contribution in [0.25, 0.3) is 0 Å². The van der Waals surface area contributed by atoms with Gasteiger partial charge >= 0.3 is 0 Å². The Bertz CT molecular complexity index is 360. The summed E-state index contributed by atoms with van der Waals surface area (Å²) < 4.78 is 7.68. The molecule has 2 rings (SSSR count). The second-order valence-corrected chi connectivity index (χ2v) is 5.13. The Hall–Kier alpha value is -0.940. The molecule has 1 aromatic heterocycles. The molecule has 0 aromatic carbocycles. The fourth-order valence-corrected chi connectivity index (χ4v) is 2.96. The molecule has 0 radical (unpaired) electrons. The van der Waals surface area contributed by atoms with Gasteiger partial charge in [0.1, 0.15) is 0 Å². The topological polar surface area (TPSA) is 66.0 Å². The number of aryl methyl sites for hydroxylation is 1. The average molecular weight is 252 g/mol. The van der Waals surface area contributed by atoms with E-state index < -0.39 is 0 Å². The maximum absolute atomic E-state index is 6.38. The number of aromatic nitrogens is 3. The molecule has 1 fully saturated rings. The Morgan fingerprint density at radius 2 is 2.17 bits per heavy atom. The Labute approximate surface area is 109 Å². The summed E-state index contributed by atoms with van der Waals surface area (Å²) in [5.41, 5.74) is 7.33. The number of nitrogens with zero attached hydrogens (tertiary/aromatic N) is 3. The summed E-state index contributed by atoms with van der Waals surface area (Å²) in [6.45, 7) is 2.74. The van der Waals surface area contributed by atoms with Crippen molar-refractivity contribution in [2.45, 2.75) is 51.2 Å². The molecule has 2 unspecified atom stereocenters. The van der Waals surface area contributed by atoms with E-state index in [4.69, 9.17) is 10.5 Å². The molecule has 1 heterocycles. The van der Waals surface area contributed by atoms with Crippen LogP contribution in [0.15, 0.2) is 6.20 Å². The van der Waals surface area contributed by atoms with Gasteiger partial charge in [-0.05, 0) is 25.7 Å². The van der Waals surface area contributed by atoms with Crippen LogP contribution >= 0.6 is 0 Å². The van der Waals surface area contributed by atoms with Gasteiger partial charge in [0.05, 0.1) is 24.0 Å². The first kappa shape index (κ1) is 13.5. The minimum Gasteiger partial charge on any atom is -0.376 e. The molecule has 1 aliphatic carbocycles. The second-order valence-electron chi connectivity index (χ2n) is 5.13. The van der Waals surface area contributed by atoms with Crippen LogP contribution in [0, 0.1) is 5.92 Å². The molecule has 0 amide bonds. The smallest absolute Gasteiger partial charge is 0.0811 e. The van der Waals surface area contributed by atoms with Crippen LogP contribution in [-0.4, -0.2) is 27.7 Å². The minimum atomic E-state index is -0.131. The van der Waals surface area contributed by atoms with E-state index in [2.05, 4.69) is 10.3 Å². The van der Waals surface area contributed by atoms with Crippen molar-refractivity contribution in [2.75, 3.05) is 6.61 Å². The van der Waals surface area contributed by atoms with Crippen LogP contribution in [0.3, 0.4) is 0 Å². The van der Waals surface area contributed by atoms with E-state index >= 15 is 0 Å². The van der Waals surface area contributed by atoms with E-state index in [0.717, 1.165) is 5.69 Å². The van der Waals surface area contributed by atoms with Crippen molar-refractivity contribution in [3.05, 3.63) is 11.9 Å². The molecule has 5 nitrogen and oxygen atoms in total. The summed E-state index contributed by atoms with van der Waals surface area (Å²) in [5.74, 6) is 0.573. The maximum atomic E-state index is 6.38. The molecule has 0 saturated heterocycles. The van der Waals surface area contributed by atoms with Gasteiger partial charge in [0, 0.05) is 13.7 Å². The summed E-state index contributed by atoms with van der Waals surface area (Å²) in [6.07, 6.45) is 8.23. The Morgan fingerprint density at radius 3 is 2.72 bits per heavy atom. The Balaban J connectivity index is 2.10. The molecule has 5 heteroatoms. The molecule has 1 aliphatic rings. The van der Waals surface area contributed by atoms with Crippen molar-refractivity contribution in [1.29, 1.82) is 0 Å². The van der Waals surface area contributed by atoms with Crippen LogP contribution in [0.4, 0.5) is 0 Å². The number of hydrogen-bond acceptors (Lipinski definition) is 4. The van der Waals surface area contributed by atoms with E-state index in [1.807, 2.05) is 14.0 Å². The first-order valence-electron chi connectivity index (χ1n) is 6.95. The highest BCUT2D eigenvalue weighted by atomic mass is 16.5. The van der Waals surface area contributed by atoms with Crippen LogP contribution in [0.2, 0.25) is 0 Å². The zero-order chi connectivity index (χ0) is 13.0. The van der Waals surface area contributed by atoms with E-state index in [1.165, 1.54) is 32.1 Å². The SMILES string of the molecule is CCOC(C1CCCCC1)C(N)c1cnnn1C. The normalized spacial score (nSPS) is 20.8. The van der Waals surface area contributed by atoms with Gasteiger partial charge in [0.25, 0.3) is 0 Å². The first-order valence-corrected chi connectivity index (χ1v) is 6.95. The molecule has 0 aliphatic heterocycles. The fraction of sp³-hybridized carbons (Fsp3) is 0.846. The zero-order valence-corrected chi connectivity index (χ0v) is 11.4. The van der Waals surface area contributed by atoms with Crippen molar-refractivity contribution in [2.24, 2.45) is 18.7 Å². The van der Waals surface area contributed by atoms with Gasteiger partial charge in [-0.25, -0.2) is 0 Å². The van der Waals surface area contributed by atoms with Crippen LogP contribution < -0.4 is 5.73 Å². The molecule has 0 spiro atoms. The molecule has 2 atom stereocenters. The number of ether oxygens (including phenoxy) is 1. The van der Waals surface area contributed by atoms with Gasteiger partial charge in [-0.3, -0.25) is 4.68 Å². The first-order chi connectivity index (χ1) is 8.74. The highest BCUT2D eigenvalue weighted by Gasteiger charge is 2.31. The third-order valence-electron chi connectivity index (χ3n) is 3.92. The van der Waals surface area contributed by atoms with Crippen molar-refractivity contribution in [3.8, 4) is 0 Å². The van der Waals surface area contributed by atoms with E-state index in [1.54, 1.807) is 10.9 Å². The van der Waals surface area contributed by atoms with Gasteiger partial charge < -0.3 is 10.5 Å². The third kappa shape index (κ3) is 2.90. The Morgan fingerprint density at radius 1 is 1.44 bits per heavy atom. The van der Waals surface area contributed by atoms with Crippen LogP contribution in [-0.2, 0) is 11.8 Å². The van der Waals surface area contributed by atoms with Gasteiger partial charge in [0.2, 0.25) is 0 Å². The lowest BCUT2D eigenvalue weighted by Crippen LogP contribution is -2.37. The molecule has 1 aromatic rings. The standard InChI is InChI=1S/C13H24N4O/c1-3-18-13(10-7-5-4-6-8-10)12(14)11-9-15-16-17(11)2/h9-10,12-13H,3-8,14H2,1-2H3. The van der Waals surface area contributed by atoms with E-state index in [0.29, 0.717) is 12.5 Å². The Kier molecular flexibility index (Phi) is 4.72. The minimum absolute atomic E-state index is 0.0903. The van der Waals surface area contributed by atoms with Gasteiger partial charge in [-0.15, -0.1) is 5.10 Å². The molecule has 102 valence electrons. The van der Waals surface area contributed by atoms with E-state index in [9.17, 15) is 0 Å². The molecular formula is C13H24N4O. The highest BCUT2D eigenvalue weighted by molar-refractivity contribution is 5.05. The van der Waals surface area contributed by atoms with Gasteiger partial charge in [-0.1, -0.05) is 24.5 Å². The predicted molar refractivity (Wildman–Crippen MR) is 69.9 cm³/mol. The van der Waals surface area contributed by atoms with Crippen molar-refractivity contribution in [3.63, 3.8) is 0 Å².